The molecule has 0 saturated heterocycles. The maximum Gasteiger partial charge on any atom is 0.524 e. The van der Waals surface area contributed by atoms with E-state index in [1.165, 1.54) is 0 Å². The van der Waals surface area contributed by atoms with E-state index in [2.05, 4.69) is 9.47 Å². The van der Waals surface area contributed by atoms with Gasteiger partial charge >= 0.3 is 18.1 Å². The van der Waals surface area contributed by atoms with Crippen LogP contribution in [0.1, 0.15) is 43.0 Å². The molecule has 2 aromatic rings. The minimum Gasteiger partial charge on any atom is -0.356 e. The first-order valence-corrected chi connectivity index (χ1v) is 7.42. The van der Waals surface area contributed by atoms with Crippen molar-refractivity contribution in [3.8, 4) is 0 Å². The molecular formula is C19H18O5. The number of carbonyl (C=O) groups is 3. The zero-order chi connectivity index (χ0) is 17.9. The molecule has 0 radical (unpaired) electrons. The highest BCUT2D eigenvalue weighted by Crippen LogP contribution is 2.17. The summed E-state index contributed by atoms with van der Waals surface area (Å²) >= 11 is 0. The van der Waals surface area contributed by atoms with Crippen molar-refractivity contribution in [3.05, 3.63) is 69.8 Å². The predicted octanol–water partition coefficient (Wildman–Crippen LogP) is 4.05. The molecule has 0 saturated carbocycles. The van der Waals surface area contributed by atoms with Crippen molar-refractivity contribution < 1.29 is 23.9 Å². The normalized spacial score (nSPS) is 10.2. The Kier molecular flexibility index (Phi) is 5.14. The Morgan fingerprint density at radius 1 is 0.625 bits per heavy atom. The molecule has 2 aromatic carbocycles. The van der Waals surface area contributed by atoms with Crippen molar-refractivity contribution in [1.29, 1.82) is 0 Å². The molecule has 0 unspecified atom stereocenters. The van der Waals surface area contributed by atoms with Crippen molar-refractivity contribution in [3.63, 3.8) is 0 Å². The summed E-state index contributed by atoms with van der Waals surface area (Å²) in [6, 6.07) is 10.5. The fourth-order valence-electron chi connectivity index (χ4n) is 2.55. The van der Waals surface area contributed by atoms with Gasteiger partial charge in [0.2, 0.25) is 0 Å². The molecule has 124 valence electrons. The second-order valence-electron chi connectivity index (χ2n) is 5.56. The molecule has 24 heavy (non-hydrogen) atoms. The van der Waals surface area contributed by atoms with Crippen molar-refractivity contribution in [1.82, 2.24) is 0 Å². The van der Waals surface area contributed by atoms with Gasteiger partial charge in [-0.2, -0.15) is 0 Å². The van der Waals surface area contributed by atoms with Gasteiger partial charge in [-0.3, -0.25) is 0 Å². The maximum absolute atomic E-state index is 12.1. The number of esters is 2. The van der Waals surface area contributed by atoms with Crippen LogP contribution in [0, 0.1) is 27.7 Å². The minimum atomic E-state index is -1.34. The van der Waals surface area contributed by atoms with E-state index < -0.39 is 18.1 Å². The summed E-state index contributed by atoms with van der Waals surface area (Å²) in [6.07, 6.45) is -1.34. The van der Waals surface area contributed by atoms with Gasteiger partial charge in [-0.05, 0) is 49.9 Å². The van der Waals surface area contributed by atoms with Gasteiger partial charge in [0.15, 0.2) is 0 Å². The molecule has 2 rings (SSSR count). The van der Waals surface area contributed by atoms with Crippen LogP contribution in [0.2, 0.25) is 0 Å². The van der Waals surface area contributed by atoms with Crippen LogP contribution in [-0.4, -0.2) is 18.1 Å². The van der Waals surface area contributed by atoms with Crippen LogP contribution in [0.4, 0.5) is 4.79 Å². The summed E-state index contributed by atoms with van der Waals surface area (Å²) in [5.74, 6) is -1.69. The summed E-state index contributed by atoms with van der Waals surface area (Å²) in [7, 11) is 0. The molecule has 0 aromatic heterocycles. The highest BCUT2D eigenvalue weighted by Gasteiger charge is 2.22. The van der Waals surface area contributed by atoms with Crippen LogP contribution in [0.15, 0.2) is 36.4 Å². The molecule has 0 aliphatic heterocycles. The Balaban J connectivity index is 2.11. The lowest BCUT2D eigenvalue weighted by molar-refractivity contribution is 0.0336. The highest BCUT2D eigenvalue weighted by molar-refractivity contribution is 6.02. The fourth-order valence-corrected chi connectivity index (χ4v) is 2.55. The second-order valence-corrected chi connectivity index (χ2v) is 5.56. The van der Waals surface area contributed by atoms with E-state index in [9.17, 15) is 14.4 Å². The molecule has 0 N–H and O–H groups in total. The molecule has 0 spiro atoms. The summed E-state index contributed by atoms with van der Waals surface area (Å²) in [6.45, 7) is 6.93. The number of hydrogen-bond acceptors (Lipinski definition) is 5. The van der Waals surface area contributed by atoms with Gasteiger partial charge in [-0.15, -0.1) is 0 Å². The monoisotopic (exact) mass is 326 g/mol. The molecule has 0 fully saturated rings. The number of benzene rings is 2. The molecule has 0 aliphatic rings. The first kappa shape index (κ1) is 17.4. The summed E-state index contributed by atoms with van der Waals surface area (Å²) in [5.41, 5.74) is 3.27. The van der Waals surface area contributed by atoms with E-state index in [1.807, 2.05) is 0 Å². The molecule has 0 atom stereocenters. The molecule has 5 heteroatoms. The van der Waals surface area contributed by atoms with Gasteiger partial charge in [0.25, 0.3) is 0 Å². The quantitative estimate of drug-likeness (QED) is 0.615. The zero-order valence-corrected chi connectivity index (χ0v) is 14.0. The number of rotatable bonds is 2. The summed E-state index contributed by atoms with van der Waals surface area (Å²) < 4.78 is 9.30. The molecule has 0 bridgehead atoms. The van der Waals surface area contributed by atoms with Gasteiger partial charge < -0.3 is 9.47 Å². The van der Waals surface area contributed by atoms with Crippen LogP contribution in [0.3, 0.4) is 0 Å². The van der Waals surface area contributed by atoms with E-state index in [-0.39, 0.29) is 11.1 Å². The van der Waals surface area contributed by atoms with E-state index in [4.69, 9.17) is 0 Å². The Morgan fingerprint density at radius 3 is 1.21 bits per heavy atom. The highest BCUT2D eigenvalue weighted by atomic mass is 16.8. The molecule has 0 heterocycles. The van der Waals surface area contributed by atoms with E-state index >= 15 is 0 Å². The lowest BCUT2D eigenvalue weighted by atomic mass is 10.0. The van der Waals surface area contributed by atoms with Gasteiger partial charge in [0.05, 0.1) is 11.1 Å². The smallest absolute Gasteiger partial charge is 0.356 e. The van der Waals surface area contributed by atoms with Crippen molar-refractivity contribution in [2.45, 2.75) is 27.7 Å². The number of ether oxygens (including phenoxy) is 2. The Labute approximate surface area is 140 Å². The number of aryl methyl sites for hydroxylation is 4. The average molecular weight is 326 g/mol. The van der Waals surface area contributed by atoms with Gasteiger partial charge in [-0.1, -0.05) is 36.4 Å². The Morgan fingerprint density at radius 2 is 0.917 bits per heavy atom. The number of hydrogen-bond donors (Lipinski definition) is 0. The first-order valence-electron chi connectivity index (χ1n) is 7.42. The van der Waals surface area contributed by atoms with Crippen LogP contribution in [0.25, 0.3) is 0 Å². The third-order valence-electron chi connectivity index (χ3n) is 3.72. The maximum atomic E-state index is 12.1. The second kappa shape index (κ2) is 7.08. The minimum absolute atomic E-state index is 0.286. The van der Waals surface area contributed by atoms with E-state index in [0.29, 0.717) is 22.3 Å². The van der Waals surface area contributed by atoms with Crippen LogP contribution >= 0.6 is 0 Å². The summed E-state index contributed by atoms with van der Waals surface area (Å²) in [5, 5.41) is 0. The van der Waals surface area contributed by atoms with Crippen LogP contribution in [0.5, 0.6) is 0 Å². The van der Waals surface area contributed by atoms with E-state index in [0.717, 1.165) is 0 Å². The number of carbonyl (C=O) groups excluding carboxylic acids is 3. The van der Waals surface area contributed by atoms with Crippen molar-refractivity contribution >= 4 is 18.1 Å². The summed E-state index contributed by atoms with van der Waals surface area (Å²) in [4.78, 5) is 36.0. The predicted molar refractivity (Wildman–Crippen MR) is 88.1 cm³/mol. The first-order chi connectivity index (χ1) is 11.3. The lowest BCUT2D eigenvalue weighted by Gasteiger charge is -2.10. The molecule has 5 nitrogen and oxygen atoms in total. The third kappa shape index (κ3) is 3.68. The molecule has 0 amide bonds. The topological polar surface area (TPSA) is 69.7 Å². The fraction of sp³-hybridized carbons (Fsp3) is 0.211. The average Bonchev–Trinajstić information content (AvgIpc) is 2.46. The van der Waals surface area contributed by atoms with Crippen LogP contribution in [-0.2, 0) is 9.47 Å². The Bertz CT molecular complexity index is 713. The van der Waals surface area contributed by atoms with Gasteiger partial charge in [0.1, 0.15) is 0 Å². The Hall–Kier alpha value is -2.95. The zero-order valence-electron chi connectivity index (χ0n) is 14.0. The van der Waals surface area contributed by atoms with Crippen LogP contribution < -0.4 is 0 Å². The third-order valence-corrected chi connectivity index (χ3v) is 3.72. The van der Waals surface area contributed by atoms with E-state index in [1.54, 1.807) is 64.1 Å². The lowest BCUT2D eigenvalue weighted by Crippen LogP contribution is -2.20. The molecular weight excluding hydrogens is 308 g/mol. The standard InChI is InChI=1S/C19H18O5/c1-11-7-5-8-12(2)15(11)17(20)23-19(22)24-18(21)16-13(3)9-6-10-14(16)4/h5-10H,1-4H3. The molecule has 0 aliphatic carbocycles. The largest absolute Gasteiger partial charge is 0.524 e. The van der Waals surface area contributed by atoms with Crippen molar-refractivity contribution in [2.75, 3.05) is 0 Å². The van der Waals surface area contributed by atoms with Crippen molar-refractivity contribution in [2.24, 2.45) is 0 Å². The van der Waals surface area contributed by atoms with Gasteiger partial charge in [0, 0.05) is 0 Å². The SMILES string of the molecule is Cc1cccc(C)c1C(=O)OC(=O)OC(=O)c1c(C)cccc1C. The van der Waals surface area contributed by atoms with Gasteiger partial charge in [-0.25, -0.2) is 14.4 Å².